The van der Waals surface area contributed by atoms with Gasteiger partial charge in [-0.1, -0.05) is 36.9 Å². The van der Waals surface area contributed by atoms with Crippen molar-refractivity contribution < 1.29 is 21.5 Å². The number of nitrogens with zero attached hydrogens (tertiary/aromatic N) is 1. The molecular weight excluding hydrogens is 238 g/mol. The van der Waals surface area contributed by atoms with Crippen LogP contribution in [0.3, 0.4) is 0 Å². The molecule has 0 aromatic heterocycles. The SMILES string of the molecule is C=Cc1ccc(C[N+](C)(C)C)cc1.[Br-]. The molecule has 0 atom stereocenters. The summed E-state index contributed by atoms with van der Waals surface area (Å²) in [5.41, 5.74) is 2.56. The molecule has 0 amide bonds. The van der Waals surface area contributed by atoms with Gasteiger partial charge in [-0.25, -0.2) is 0 Å². The lowest BCUT2D eigenvalue weighted by atomic mass is 10.1. The van der Waals surface area contributed by atoms with Gasteiger partial charge in [0.15, 0.2) is 0 Å². The second-order valence-electron chi connectivity index (χ2n) is 4.39. The monoisotopic (exact) mass is 255 g/mol. The summed E-state index contributed by atoms with van der Waals surface area (Å²) < 4.78 is 0.966. The topological polar surface area (TPSA) is 0 Å². The Morgan fingerprint density at radius 1 is 1.14 bits per heavy atom. The molecule has 0 radical (unpaired) electrons. The molecule has 78 valence electrons. The lowest BCUT2D eigenvalue weighted by molar-refractivity contribution is -0.884. The minimum Gasteiger partial charge on any atom is -1.00 e. The van der Waals surface area contributed by atoms with E-state index in [2.05, 4.69) is 52.0 Å². The molecule has 1 aromatic rings. The van der Waals surface area contributed by atoms with Crippen LogP contribution in [0.25, 0.3) is 6.08 Å². The summed E-state index contributed by atoms with van der Waals surface area (Å²) in [4.78, 5) is 0. The predicted molar refractivity (Wildman–Crippen MR) is 58.3 cm³/mol. The number of benzene rings is 1. The fraction of sp³-hybridized carbons (Fsp3) is 0.333. The smallest absolute Gasteiger partial charge is 0.104 e. The molecule has 0 bridgehead atoms. The van der Waals surface area contributed by atoms with Crippen molar-refractivity contribution in [1.82, 2.24) is 0 Å². The van der Waals surface area contributed by atoms with E-state index in [9.17, 15) is 0 Å². The van der Waals surface area contributed by atoms with Gasteiger partial charge in [0.2, 0.25) is 0 Å². The number of hydrogen-bond acceptors (Lipinski definition) is 0. The predicted octanol–water partition coefficient (Wildman–Crippen LogP) is -0.460. The third-order valence-corrected chi connectivity index (χ3v) is 1.87. The third-order valence-electron chi connectivity index (χ3n) is 1.87. The van der Waals surface area contributed by atoms with Crippen molar-refractivity contribution in [3.63, 3.8) is 0 Å². The van der Waals surface area contributed by atoms with Crippen LogP contribution in [-0.2, 0) is 6.54 Å². The van der Waals surface area contributed by atoms with Crippen molar-refractivity contribution in [1.29, 1.82) is 0 Å². The quantitative estimate of drug-likeness (QED) is 0.642. The summed E-state index contributed by atoms with van der Waals surface area (Å²) in [7, 11) is 6.59. The summed E-state index contributed by atoms with van der Waals surface area (Å²) in [6, 6.07) is 8.55. The second-order valence-corrected chi connectivity index (χ2v) is 4.39. The zero-order chi connectivity index (χ0) is 9.90. The molecule has 0 N–H and O–H groups in total. The molecule has 0 aliphatic carbocycles. The first kappa shape index (κ1) is 13.4. The lowest BCUT2D eigenvalue weighted by Crippen LogP contribution is -3.00. The molecule has 0 saturated carbocycles. The highest BCUT2D eigenvalue weighted by Crippen LogP contribution is 2.09. The van der Waals surface area contributed by atoms with Crippen LogP contribution < -0.4 is 17.0 Å². The Bertz CT molecular complexity index is 282. The molecular formula is C12H18BrN. The minimum absolute atomic E-state index is 0. The average Bonchev–Trinajstić information content (AvgIpc) is 2.03. The van der Waals surface area contributed by atoms with Crippen molar-refractivity contribution >= 4 is 6.08 Å². The first-order chi connectivity index (χ1) is 6.01. The Hall–Kier alpha value is -0.600. The van der Waals surface area contributed by atoms with E-state index >= 15 is 0 Å². The lowest BCUT2D eigenvalue weighted by Gasteiger charge is -2.23. The zero-order valence-corrected chi connectivity index (χ0v) is 10.7. The molecule has 0 aliphatic rings. The van der Waals surface area contributed by atoms with Crippen LogP contribution in [0.2, 0.25) is 0 Å². The van der Waals surface area contributed by atoms with Crippen LogP contribution in [0, 0.1) is 0 Å². The van der Waals surface area contributed by atoms with Gasteiger partial charge in [0.1, 0.15) is 6.54 Å². The van der Waals surface area contributed by atoms with Crippen LogP contribution in [0.1, 0.15) is 11.1 Å². The highest BCUT2D eigenvalue weighted by atomic mass is 79.9. The Labute approximate surface area is 97.4 Å². The van der Waals surface area contributed by atoms with E-state index in [1.807, 2.05) is 6.08 Å². The first-order valence-corrected chi connectivity index (χ1v) is 4.53. The van der Waals surface area contributed by atoms with Gasteiger partial charge in [0, 0.05) is 5.56 Å². The van der Waals surface area contributed by atoms with Gasteiger partial charge in [-0.15, -0.1) is 0 Å². The molecule has 0 unspecified atom stereocenters. The summed E-state index contributed by atoms with van der Waals surface area (Å²) in [5.74, 6) is 0. The van der Waals surface area contributed by atoms with E-state index in [4.69, 9.17) is 0 Å². The van der Waals surface area contributed by atoms with E-state index in [0.717, 1.165) is 11.0 Å². The Kier molecular flexibility index (Phi) is 5.09. The van der Waals surface area contributed by atoms with E-state index in [-0.39, 0.29) is 17.0 Å². The summed E-state index contributed by atoms with van der Waals surface area (Å²) in [6.45, 7) is 4.80. The maximum Gasteiger partial charge on any atom is 0.104 e. The highest BCUT2D eigenvalue weighted by molar-refractivity contribution is 5.47. The van der Waals surface area contributed by atoms with E-state index in [1.54, 1.807) is 0 Å². The number of rotatable bonds is 3. The van der Waals surface area contributed by atoms with Crippen molar-refractivity contribution in [3.8, 4) is 0 Å². The second kappa shape index (κ2) is 5.32. The fourth-order valence-corrected chi connectivity index (χ4v) is 1.31. The maximum atomic E-state index is 3.73. The molecule has 0 spiro atoms. The molecule has 0 aliphatic heterocycles. The Morgan fingerprint density at radius 3 is 2.00 bits per heavy atom. The molecule has 1 aromatic carbocycles. The normalized spacial score (nSPS) is 10.5. The third kappa shape index (κ3) is 4.58. The first-order valence-electron chi connectivity index (χ1n) is 4.53. The fourth-order valence-electron chi connectivity index (χ4n) is 1.31. The van der Waals surface area contributed by atoms with Crippen molar-refractivity contribution in [3.05, 3.63) is 42.0 Å². The average molecular weight is 256 g/mol. The molecule has 1 rings (SSSR count). The number of halogens is 1. The van der Waals surface area contributed by atoms with Gasteiger partial charge >= 0.3 is 0 Å². The van der Waals surface area contributed by atoms with Gasteiger partial charge in [0.25, 0.3) is 0 Å². The Morgan fingerprint density at radius 2 is 1.64 bits per heavy atom. The molecule has 0 heterocycles. The molecule has 2 heteroatoms. The van der Waals surface area contributed by atoms with Crippen molar-refractivity contribution in [2.24, 2.45) is 0 Å². The van der Waals surface area contributed by atoms with Gasteiger partial charge in [0.05, 0.1) is 21.1 Å². The van der Waals surface area contributed by atoms with Gasteiger partial charge in [-0.3, -0.25) is 0 Å². The van der Waals surface area contributed by atoms with Gasteiger partial charge in [-0.05, 0) is 5.56 Å². The summed E-state index contributed by atoms with van der Waals surface area (Å²) >= 11 is 0. The van der Waals surface area contributed by atoms with Crippen LogP contribution in [0.5, 0.6) is 0 Å². The maximum absolute atomic E-state index is 3.73. The molecule has 0 fully saturated rings. The van der Waals surface area contributed by atoms with Gasteiger partial charge < -0.3 is 21.5 Å². The largest absolute Gasteiger partial charge is 1.00 e. The molecule has 1 nitrogen and oxygen atoms in total. The standard InChI is InChI=1S/C12H18N.BrH/c1-5-11-6-8-12(9-7-11)10-13(2,3)4;/h5-9H,1,10H2,2-4H3;1H/q+1;/p-1. The van der Waals surface area contributed by atoms with Crippen LogP contribution >= 0.6 is 0 Å². The number of hydrogen-bond donors (Lipinski definition) is 0. The minimum atomic E-state index is 0. The zero-order valence-electron chi connectivity index (χ0n) is 9.13. The molecule has 0 saturated heterocycles. The summed E-state index contributed by atoms with van der Waals surface area (Å²) in [5, 5.41) is 0. The summed E-state index contributed by atoms with van der Waals surface area (Å²) in [6.07, 6.45) is 1.87. The van der Waals surface area contributed by atoms with Crippen LogP contribution in [-0.4, -0.2) is 25.6 Å². The van der Waals surface area contributed by atoms with E-state index < -0.39 is 0 Å². The Balaban J connectivity index is 0.00000169. The number of quaternary nitrogens is 1. The molecule has 14 heavy (non-hydrogen) atoms. The van der Waals surface area contributed by atoms with E-state index in [0.29, 0.717) is 0 Å². The van der Waals surface area contributed by atoms with Crippen molar-refractivity contribution in [2.75, 3.05) is 21.1 Å². The van der Waals surface area contributed by atoms with Crippen molar-refractivity contribution in [2.45, 2.75) is 6.54 Å². The van der Waals surface area contributed by atoms with Crippen LogP contribution in [0.4, 0.5) is 0 Å². The highest BCUT2D eigenvalue weighted by Gasteiger charge is 2.07. The van der Waals surface area contributed by atoms with E-state index in [1.165, 1.54) is 11.1 Å². The van der Waals surface area contributed by atoms with Crippen LogP contribution in [0.15, 0.2) is 30.8 Å². The van der Waals surface area contributed by atoms with Gasteiger partial charge in [-0.2, -0.15) is 0 Å².